The van der Waals surface area contributed by atoms with Gasteiger partial charge < -0.3 is 4.74 Å². The van der Waals surface area contributed by atoms with E-state index in [0.717, 1.165) is 19.3 Å². The average molecular weight is 168 g/mol. The van der Waals surface area contributed by atoms with Gasteiger partial charge in [-0.1, -0.05) is 6.08 Å². The molecule has 2 nitrogen and oxygen atoms in total. The smallest absolute Gasteiger partial charge is 0.161 e. The fourth-order valence-corrected chi connectivity index (χ4v) is 1.44. The molecule has 1 heterocycles. The van der Waals surface area contributed by atoms with Gasteiger partial charge in [-0.25, -0.2) is 0 Å². The molecule has 0 bridgehead atoms. The van der Waals surface area contributed by atoms with Crippen molar-refractivity contribution in [2.45, 2.75) is 44.8 Å². The number of hydrogen-bond donors (Lipinski definition) is 0. The van der Waals surface area contributed by atoms with Crippen LogP contribution in [-0.2, 0) is 9.53 Å². The average Bonchev–Trinajstić information content (AvgIpc) is 2.47. The first-order valence-electron chi connectivity index (χ1n) is 4.53. The Morgan fingerprint density at radius 2 is 2.42 bits per heavy atom. The summed E-state index contributed by atoms with van der Waals surface area (Å²) in [6, 6.07) is 0. The molecule has 0 aliphatic carbocycles. The Hall–Kier alpha value is -0.630. The molecule has 0 aromatic rings. The number of carbonyl (C=O) groups is 1. The topological polar surface area (TPSA) is 26.3 Å². The predicted molar refractivity (Wildman–Crippen MR) is 48.0 cm³/mol. The maximum absolute atomic E-state index is 11.4. The molecule has 1 rings (SSSR count). The van der Waals surface area contributed by atoms with Crippen molar-refractivity contribution in [1.82, 2.24) is 0 Å². The van der Waals surface area contributed by atoms with Crippen LogP contribution in [0.2, 0.25) is 0 Å². The van der Waals surface area contributed by atoms with E-state index in [1.54, 1.807) is 6.08 Å². The monoisotopic (exact) mass is 168 g/mol. The van der Waals surface area contributed by atoms with Gasteiger partial charge in [0.05, 0.1) is 6.10 Å². The Bertz CT molecular complexity index is 175. The minimum absolute atomic E-state index is 0.125. The highest BCUT2D eigenvalue weighted by Gasteiger charge is 2.26. The van der Waals surface area contributed by atoms with Gasteiger partial charge in [0.15, 0.2) is 5.78 Å². The summed E-state index contributed by atoms with van der Waals surface area (Å²) in [5.41, 5.74) is 0. The molecule has 2 atom stereocenters. The molecule has 68 valence electrons. The molecule has 0 aromatic carbocycles. The van der Waals surface area contributed by atoms with Crippen LogP contribution in [0.1, 0.15) is 32.6 Å². The lowest BCUT2D eigenvalue weighted by molar-refractivity contribution is -0.129. The number of hydrogen-bond acceptors (Lipinski definition) is 2. The van der Waals surface area contributed by atoms with Crippen molar-refractivity contribution in [3.05, 3.63) is 12.7 Å². The van der Waals surface area contributed by atoms with Crippen molar-refractivity contribution in [1.29, 1.82) is 0 Å². The minimum Gasteiger partial charge on any atom is -0.368 e. The van der Waals surface area contributed by atoms with Crippen LogP contribution in [0.4, 0.5) is 0 Å². The molecular weight excluding hydrogens is 152 g/mol. The van der Waals surface area contributed by atoms with Gasteiger partial charge in [-0.3, -0.25) is 4.79 Å². The van der Waals surface area contributed by atoms with Gasteiger partial charge in [0.1, 0.15) is 6.10 Å². The van der Waals surface area contributed by atoms with Gasteiger partial charge in [0, 0.05) is 6.42 Å². The zero-order chi connectivity index (χ0) is 8.97. The Labute approximate surface area is 73.6 Å². The molecule has 12 heavy (non-hydrogen) atoms. The van der Waals surface area contributed by atoms with E-state index < -0.39 is 0 Å². The first-order chi connectivity index (χ1) is 5.74. The summed E-state index contributed by atoms with van der Waals surface area (Å²) in [5.74, 6) is 0.235. The van der Waals surface area contributed by atoms with Crippen LogP contribution in [0.25, 0.3) is 0 Å². The van der Waals surface area contributed by atoms with Crippen LogP contribution in [0.15, 0.2) is 12.7 Å². The van der Waals surface area contributed by atoms with Gasteiger partial charge in [-0.15, -0.1) is 6.58 Å². The first kappa shape index (κ1) is 9.46. The van der Waals surface area contributed by atoms with Crippen LogP contribution >= 0.6 is 0 Å². The molecule has 0 spiro atoms. The highest BCUT2D eigenvalue weighted by Crippen LogP contribution is 2.20. The molecule has 1 fully saturated rings. The van der Waals surface area contributed by atoms with Crippen LogP contribution in [0.5, 0.6) is 0 Å². The van der Waals surface area contributed by atoms with E-state index in [9.17, 15) is 4.79 Å². The third-order valence-electron chi connectivity index (χ3n) is 2.19. The van der Waals surface area contributed by atoms with Gasteiger partial charge >= 0.3 is 0 Å². The summed E-state index contributed by atoms with van der Waals surface area (Å²) in [4.78, 5) is 11.4. The van der Waals surface area contributed by atoms with E-state index in [-0.39, 0.29) is 18.0 Å². The third kappa shape index (κ3) is 2.45. The fraction of sp³-hybridized carbons (Fsp3) is 0.700. The van der Waals surface area contributed by atoms with Gasteiger partial charge in [0.25, 0.3) is 0 Å². The van der Waals surface area contributed by atoms with E-state index in [1.807, 2.05) is 6.92 Å². The number of rotatable bonds is 4. The van der Waals surface area contributed by atoms with Gasteiger partial charge in [-0.05, 0) is 26.2 Å². The summed E-state index contributed by atoms with van der Waals surface area (Å²) < 4.78 is 5.44. The lowest BCUT2D eigenvalue weighted by Crippen LogP contribution is -2.20. The predicted octanol–water partition coefficient (Wildman–Crippen LogP) is 2.09. The number of ether oxygens (including phenoxy) is 1. The van der Waals surface area contributed by atoms with Crippen molar-refractivity contribution >= 4 is 5.78 Å². The maximum Gasteiger partial charge on any atom is 0.161 e. The van der Waals surface area contributed by atoms with Crippen LogP contribution in [0.3, 0.4) is 0 Å². The van der Waals surface area contributed by atoms with E-state index in [4.69, 9.17) is 4.74 Å². The summed E-state index contributed by atoms with van der Waals surface area (Å²) in [7, 11) is 0. The molecule has 2 unspecified atom stereocenters. The summed E-state index contributed by atoms with van der Waals surface area (Å²) in [6.45, 7) is 5.60. The van der Waals surface area contributed by atoms with Crippen molar-refractivity contribution in [3.8, 4) is 0 Å². The normalized spacial score (nSPS) is 28.8. The Morgan fingerprint density at radius 1 is 1.67 bits per heavy atom. The molecular formula is C10H16O2. The van der Waals surface area contributed by atoms with E-state index in [1.165, 1.54) is 0 Å². The molecule has 0 aromatic heterocycles. The molecule has 0 saturated carbocycles. The van der Waals surface area contributed by atoms with E-state index in [0.29, 0.717) is 6.42 Å². The summed E-state index contributed by atoms with van der Waals surface area (Å²) in [6.07, 6.45) is 5.19. The Morgan fingerprint density at radius 3 is 2.92 bits per heavy atom. The standard InChI is InChI=1S/C10H16O2/c1-3-4-5-9(11)10-7-6-8(2)12-10/h3,8,10H,1,4-7H2,2H3. The first-order valence-corrected chi connectivity index (χ1v) is 4.53. The quantitative estimate of drug-likeness (QED) is 0.601. The number of Topliss-reactive ketones (excluding diaryl/α,β-unsaturated/α-hetero) is 1. The summed E-state index contributed by atoms with van der Waals surface area (Å²) in [5, 5.41) is 0. The zero-order valence-corrected chi connectivity index (χ0v) is 7.58. The largest absolute Gasteiger partial charge is 0.368 e. The zero-order valence-electron chi connectivity index (χ0n) is 7.58. The van der Waals surface area contributed by atoms with Crippen LogP contribution < -0.4 is 0 Å². The third-order valence-corrected chi connectivity index (χ3v) is 2.19. The van der Waals surface area contributed by atoms with Gasteiger partial charge in [-0.2, -0.15) is 0 Å². The lowest BCUT2D eigenvalue weighted by atomic mass is 10.1. The molecule has 0 radical (unpaired) electrons. The Balaban J connectivity index is 2.28. The lowest BCUT2D eigenvalue weighted by Gasteiger charge is -2.08. The number of carbonyl (C=O) groups excluding carboxylic acids is 1. The van der Waals surface area contributed by atoms with E-state index >= 15 is 0 Å². The molecule has 0 N–H and O–H groups in total. The second-order valence-electron chi connectivity index (χ2n) is 3.31. The van der Waals surface area contributed by atoms with Gasteiger partial charge in [0.2, 0.25) is 0 Å². The van der Waals surface area contributed by atoms with Crippen molar-refractivity contribution in [2.24, 2.45) is 0 Å². The Kier molecular flexibility index (Phi) is 3.48. The van der Waals surface area contributed by atoms with Crippen LogP contribution in [0, 0.1) is 0 Å². The second-order valence-corrected chi connectivity index (χ2v) is 3.31. The molecule has 1 aliphatic rings. The molecule has 1 aliphatic heterocycles. The summed E-state index contributed by atoms with van der Waals surface area (Å²) >= 11 is 0. The molecule has 1 saturated heterocycles. The van der Waals surface area contributed by atoms with Crippen molar-refractivity contribution in [3.63, 3.8) is 0 Å². The highest BCUT2D eigenvalue weighted by molar-refractivity contribution is 5.83. The SMILES string of the molecule is C=CCCC(=O)C1CCC(C)O1. The number of ketones is 1. The van der Waals surface area contributed by atoms with Crippen LogP contribution in [-0.4, -0.2) is 18.0 Å². The minimum atomic E-state index is -0.125. The van der Waals surface area contributed by atoms with E-state index in [2.05, 4.69) is 6.58 Å². The van der Waals surface area contributed by atoms with Crippen molar-refractivity contribution in [2.75, 3.05) is 0 Å². The molecule has 2 heteroatoms. The molecule has 0 amide bonds. The second kappa shape index (κ2) is 4.41. The van der Waals surface area contributed by atoms with Crippen molar-refractivity contribution < 1.29 is 9.53 Å². The fourth-order valence-electron chi connectivity index (χ4n) is 1.44. The number of allylic oxidation sites excluding steroid dienone is 1. The highest BCUT2D eigenvalue weighted by atomic mass is 16.5. The maximum atomic E-state index is 11.4.